The summed E-state index contributed by atoms with van der Waals surface area (Å²) in [7, 11) is 0. The molecule has 100 valence electrons. The molecule has 0 aliphatic carbocycles. The fraction of sp³-hybridized carbons (Fsp3) is 0.667. The minimum Gasteiger partial charge on any atom is -0.442 e. The number of hydrogen-bond donors (Lipinski definition) is 1. The second-order valence-electron chi connectivity index (χ2n) is 5.20. The SMILES string of the molecule is C=C(C)[C@@](C)(C#CC[NH+]1CCCCC1)OC(C)=O. The van der Waals surface area contributed by atoms with Crippen LogP contribution < -0.4 is 4.90 Å². The molecule has 3 heteroatoms. The van der Waals surface area contributed by atoms with Crippen molar-refractivity contribution >= 4 is 5.97 Å². The molecule has 1 heterocycles. The molecular formula is C15H24NO2+. The number of esters is 1. The first kappa shape index (κ1) is 14.8. The number of piperidine rings is 1. The standard InChI is InChI=1S/C15H23NO2/c1-13(2)15(4,18-14(3)17)9-8-12-16-10-6-5-7-11-16/h1,5-7,10-12H2,2-4H3/p+1/t15-/m1/s1. The molecule has 1 N–H and O–H groups in total. The van der Waals surface area contributed by atoms with Gasteiger partial charge in [0.25, 0.3) is 0 Å². The van der Waals surface area contributed by atoms with Crippen LogP contribution in [0.3, 0.4) is 0 Å². The fourth-order valence-electron chi connectivity index (χ4n) is 2.07. The van der Waals surface area contributed by atoms with E-state index in [-0.39, 0.29) is 5.97 Å². The van der Waals surface area contributed by atoms with Gasteiger partial charge in [-0.25, -0.2) is 0 Å². The third-order valence-electron chi connectivity index (χ3n) is 3.39. The van der Waals surface area contributed by atoms with Crippen LogP contribution in [0.15, 0.2) is 12.2 Å². The number of hydrogen-bond acceptors (Lipinski definition) is 2. The summed E-state index contributed by atoms with van der Waals surface area (Å²) in [5.74, 6) is 5.90. The second kappa shape index (κ2) is 6.61. The van der Waals surface area contributed by atoms with Crippen molar-refractivity contribution in [2.45, 2.75) is 45.6 Å². The molecule has 0 unspecified atom stereocenters. The topological polar surface area (TPSA) is 30.7 Å². The van der Waals surface area contributed by atoms with Crippen molar-refractivity contribution < 1.29 is 14.4 Å². The monoisotopic (exact) mass is 250 g/mol. The lowest BCUT2D eigenvalue weighted by Gasteiger charge is -2.24. The normalized spacial score (nSPS) is 19.3. The maximum Gasteiger partial charge on any atom is 0.304 e. The fourth-order valence-corrected chi connectivity index (χ4v) is 2.07. The van der Waals surface area contributed by atoms with E-state index in [1.54, 1.807) is 6.92 Å². The molecule has 0 aromatic heterocycles. The molecule has 1 aliphatic rings. The molecule has 0 amide bonds. The zero-order valence-corrected chi connectivity index (χ0v) is 11.8. The van der Waals surface area contributed by atoms with Crippen molar-refractivity contribution in [3.8, 4) is 11.8 Å². The molecule has 0 aromatic carbocycles. The summed E-state index contributed by atoms with van der Waals surface area (Å²) in [6.45, 7) is 12.1. The molecule has 0 spiro atoms. The van der Waals surface area contributed by atoms with Crippen LogP contribution in [-0.4, -0.2) is 31.2 Å². The van der Waals surface area contributed by atoms with E-state index in [9.17, 15) is 4.79 Å². The molecule has 3 nitrogen and oxygen atoms in total. The van der Waals surface area contributed by atoms with Gasteiger partial charge in [0.2, 0.25) is 0 Å². The number of carbonyl (C=O) groups excluding carboxylic acids is 1. The van der Waals surface area contributed by atoms with Gasteiger partial charge in [0, 0.05) is 6.92 Å². The first-order valence-electron chi connectivity index (χ1n) is 6.63. The Hall–Kier alpha value is -1.27. The van der Waals surface area contributed by atoms with Crippen LogP contribution in [0.2, 0.25) is 0 Å². The summed E-state index contributed by atoms with van der Waals surface area (Å²) in [6.07, 6.45) is 3.92. The van der Waals surface area contributed by atoms with Gasteiger partial charge >= 0.3 is 5.97 Å². The Balaban J connectivity index is 2.60. The third-order valence-corrected chi connectivity index (χ3v) is 3.39. The van der Waals surface area contributed by atoms with Crippen LogP contribution in [-0.2, 0) is 9.53 Å². The lowest BCUT2D eigenvalue weighted by atomic mass is 9.99. The van der Waals surface area contributed by atoms with Gasteiger partial charge in [-0.3, -0.25) is 4.79 Å². The molecule has 0 radical (unpaired) electrons. The first-order valence-corrected chi connectivity index (χ1v) is 6.63. The van der Waals surface area contributed by atoms with Gasteiger partial charge in [-0.2, -0.15) is 0 Å². The number of quaternary nitrogens is 1. The van der Waals surface area contributed by atoms with Gasteiger partial charge in [0.05, 0.1) is 13.1 Å². The van der Waals surface area contributed by atoms with Crippen molar-refractivity contribution in [1.82, 2.24) is 0 Å². The minimum absolute atomic E-state index is 0.319. The van der Waals surface area contributed by atoms with Gasteiger partial charge in [0.1, 0.15) is 6.54 Å². The Morgan fingerprint density at radius 3 is 2.44 bits per heavy atom. The zero-order chi connectivity index (χ0) is 13.6. The van der Waals surface area contributed by atoms with E-state index >= 15 is 0 Å². The lowest BCUT2D eigenvalue weighted by Crippen LogP contribution is -3.12. The maximum absolute atomic E-state index is 11.1. The smallest absolute Gasteiger partial charge is 0.304 e. The molecule has 1 aliphatic heterocycles. The highest BCUT2D eigenvalue weighted by Crippen LogP contribution is 2.18. The van der Waals surface area contributed by atoms with Crippen molar-refractivity contribution in [2.75, 3.05) is 19.6 Å². The van der Waals surface area contributed by atoms with Gasteiger partial charge < -0.3 is 9.64 Å². The first-order chi connectivity index (χ1) is 8.44. The largest absolute Gasteiger partial charge is 0.442 e. The number of rotatable bonds is 3. The van der Waals surface area contributed by atoms with E-state index in [1.165, 1.54) is 44.2 Å². The van der Waals surface area contributed by atoms with E-state index in [0.29, 0.717) is 0 Å². The summed E-state index contributed by atoms with van der Waals surface area (Å²) in [5.41, 5.74) is -0.0834. The predicted molar refractivity (Wildman–Crippen MR) is 72.2 cm³/mol. The Bertz CT molecular complexity index is 372. The summed E-state index contributed by atoms with van der Waals surface area (Å²) in [5, 5.41) is 0. The van der Waals surface area contributed by atoms with E-state index in [0.717, 1.165) is 12.1 Å². The van der Waals surface area contributed by atoms with E-state index < -0.39 is 5.60 Å². The minimum atomic E-state index is -0.846. The highest BCUT2D eigenvalue weighted by atomic mass is 16.6. The highest BCUT2D eigenvalue weighted by molar-refractivity contribution is 5.67. The maximum atomic E-state index is 11.1. The zero-order valence-electron chi connectivity index (χ0n) is 11.8. The van der Waals surface area contributed by atoms with Crippen molar-refractivity contribution in [1.29, 1.82) is 0 Å². The summed E-state index contributed by atoms with van der Waals surface area (Å²) in [6, 6.07) is 0. The van der Waals surface area contributed by atoms with Crippen LogP contribution in [0.5, 0.6) is 0 Å². The van der Waals surface area contributed by atoms with Crippen LogP contribution in [0.25, 0.3) is 0 Å². The van der Waals surface area contributed by atoms with Crippen molar-refractivity contribution in [2.24, 2.45) is 0 Å². The van der Waals surface area contributed by atoms with Crippen molar-refractivity contribution in [3.63, 3.8) is 0 Å². The quantitative estimate of drug-likeness (QED) is 0.459. The van der Waals surface area contributed by atoms with Crippen LogP contribution in [0, 0.1) is 11.8 Å². The number of nitrogens with one attached hydrogen (secondary N) is 1. The number of likely N-dealkylation sites (tertiary alicyclic amines) is 1. The Morgan fingerprint density at radius 2 is 1.94 bits per heavy atom. The molecule has 1 atom stereocenters. The van der Waals surface area contributed by atoms with Crippen LogP contribution in [0.1, 0.15) is 40.0 Å². The Labute approximate surface area is 110 Å². The van der Waals surface area contributed by atoms with Gasteiger partial charge in [-0.1, -0.05) is 6.58 Å². The third kappa shape index (κ3) is 4.54. The Kier molecular flexibility index (Phi) is 5.43. The van der Waals surface area contributed by atoms with E-state index in [1.807, 2.05) is 6.92 Å². The van der Waals surface area contributed by atoms with E-state index in [4.69, 9.17) is 4.74 Å². The van der Waals surface area contributed by atoms with E-state index in [2.05, 4.69) is 18.4 Å². The average molecular weight is 250 g/mol. The lowest BCUT2D eigenvalue weighted by molar-refractivity contribution is -0.897. The molecule has 0 saturated carbocycles. The predicted octanol–water partition coefficient (Wildman–Crippen LogP) is 0.956. The number of carbonyl (C=O) groups is 1. The second-order valence-corrected chi connectivity index (χ2v) is 5.20. The summed E-state index contributed by atoms with van der Waals surface area (Å²) < 4.78 is 5.27. The van der Waals surface area contributed by atoms with Gasteiger partial charge in [-0.05, 0) is 50.5 Å². The molecule has 1 rings (SSSR count). The summed E-state index contributed by atoms with van der Waals surface area (Å²) >= 11 is 0. The highest BCUT2D eigenvalue weighted by Gasteiger charge is 2.26. The van der Waals surface area contributed by atoms with Gasteiger partial charge in [-0.15, -0.1) is 0 Å². The van der Waals surface area contributed by atoms with Crippen molar-refractivity contribution in [3.05, 3.63) is 12.2 Å². The number of ether oxygens (including phenoxy) is 1. The molecule has 1 saturated heterocycles. The molecule has 1 fully saturated rings. The molecule has 0 aromatic rings. The molecule has 0 bridgehead atoms. The average Bonchev–Trinajstić information content (AvgIpc) is 2.29. The molecular weight excluding hydrogens is 226 g/mol. The van der Waals surface area contributed by atoms with Gasteiger partial charge in [0.15, 0.2) is 5.60 Å². The molecule has 18 heavy (non-hydrogen) atoms. The Morgan fingerprint density at radius 1 is 1.33 bits per heavy atom. The summed E-state index contributed by atoms with van der Waals surface area (Å²) in [4.78, 5) is 12.6. The van der Waals surface area contributed by atoms with Crippen LogP contribution >= 0.6 is 0 Å². The van der Waals surface area contributed by atoms with Crippen LogP contribution in [0.4, 0.5) is 0 Å².